The number of nitrogens with zero attached hydrogens (tertiary/aromatic N) is 1. The van der Waals surface area contributed by atoms with Crippen LogP contribution in [0.5, 0.6) is 0 Å². The first-order chi connectivity index (χ1) is 13.0. The molecule has 27 heavy (non-hydrogen) atoms. The minimum atomic E-state index is -0.531. The topological polar surface area (TPSA) is 90.5 Å². The van der Waals surface area contributed by atoms with Crippen molar-refractivity contribution >= 4 is 17.7 Å². The second kappa shape index (κ2) is 9.04. The minimum Gasteiger partial charge on any atom is -0.352 e. The van der Waals surface area contributed by atoms with Crippen LogP contribution < -0.4 is 16.0 Å². The highest BCUT2D eigenvalue weighted by Gasteiger charge is 2.44. The van der Waals surface area contributed by atoms with Crippen LogP contribution in [0.15, 0.2) is 0 Å². The lowest BCUT2D eigenvalue weighted by Crippen LogP contribution is -2.58. The van der Waals surface area contributed by atoms with Gasteiger partial charge in [0.1, 0.15) is 12.1 Å². The van der Waals surface area contributed by atoms with Crippen molar-refractivity contribution in [3.63, 3.8) is 0 Å². The highest BCUT2D eigenvalue weighted by Crippen LogP contribution is 2.32. The maximum Gasteiger partial charge on any atom is 0.246 e. The average molecular weight is 379 g/mol. The molecule has 152 valence electrons. The molecular formula is C20H34N4O3. The Hall–Kier alpha value is -1.63. The molecule has 0 bridgehead atoms. The summed E-state index contributed by atoms with van der Waals surface area (Å²) in [4.78, 5) is 40.3. The Kier molecular flexibility index (Phi) is 6.73. The number of carbonyl (C=O) groups excluding carboxylic acids is 3. The summed E-state index contributed by atoms with van der Waals surface area (Å²) in [6, 6.07) is -0.885. The first-order valence-corrected chi connectivity index (χ1v) is 10.6. The molecule has 2 saturated heterocycles. The van der Waals surface area contributed by atoms with E-state index in [1.54, 1.807) is 18.9 Å². The lowest BCUT2D eigenvalue weighted by molar-refractivity contribution is -0.144. The molecule has 2 heterocycles. The summed E-state index contributed by atoms with van der Waals surface area (Å²) in [5.74, 6) is -0.258. The largest absolute Gasteiger partial charge is 0.352 e. The SMILES string of the molecule is CN[C@@H](C)C(=O)NC1CCCCC2CC[C@@H](C(=O)NC3CCCC3)N2C1=O. The molecule has 0 aromatic rings. The first kappa shape index (κ1) is 20.1. The molecule has 1 saturated carbocycles. The fourth-order valence-electron chi connectivity index (χ4n) is 4.72. The third kappa shape index (κ3) is 4.62. The van der Waals surface area contributed by atoms with Crippen molar-refractivity contribution in [2.24, 2.45) is 0 Å². The highest BCUT2D eigenvalue weighted by molar-refractivity contribution is 5.93. The monoisotopic (exact) mass is 378 g/mol. The molecular weight excluding hydrogens is 344 g/mol. The van der Waals surface area contributed by atoms with Gasteiger partial charge >= 0.3 is 0 Å². The predicted molar refractivity (Wildman–Crippen MR) is 103 cm³/mol. The summed E-state index contributed by atoms with van der Waals surface area (Å²) in [6.45, 7) is 1.78. The smallest absolute Gasteiger partial charge is 0.246 e. The number of carbonyl (C=O) groups is 3. The van der Waals surface area contributed by atoms with E-state index in [1.807, 2.05) is 0 Å². The van der Waals surface area contributed by atoms with Gasteiger partial charge in [-0.05, 0) is 52.5 Å². The standard InChI is InChI=1S/C20H34N4O3/c1-13(21-2)18(25)23-16-10-6-5-9-15-11-12-17(24(15)20(16)27)19(26)22-14-7-3-4-8-14/h13-17,21H,3-12H2,1-2H3,(H,22,26)(H,23,25)/t13-,15?,16?,17-/m0/s1. The number of rotatable bonds is 5. The van der Waals surface area contributed by atoms with Gasteiger partial charge in [0.15, 0.2) is 0 Å². The zero-order chi connectivity index (χ0) is 19.4. The number of nitrogens with one attached hydrogen (secondary N) is 3. The Labute approximate surface area is 162 Å². The second-order valence-electron chi connectivity index (χ2n) is 8.34. The minimum absolute atomic E-state index is 0.00741. The molecule has 2 aliphatic heterocycles. The summed E-state index contributed by atoms with van der Waals surface area (Å²) in [6.07, 6.45) is 9.55. The molecule has 3 rings (SSSR count). The van der Waals surface area contributed by atoms with Crippen LogP contribution >= 0.6 is 0 Å². The highest BCUT2D eigenvalue weighted by atomic mass is 16.2. The van der Waals surface area contributed by atoms with Crippen molar-refractivity contribution in [1.82, 2.24) is 20.9 Å². The Morgan fingerprint density at radius 3 is 2.33 bits per heavy atom. The van der Waals surface area contributed by atoms with Gasteiger partial charge in [0.05, 0.1) is 6.04 Å². The molecule has 0 aromatic heterocycles. The van der Waals surface area contributed by atoms with E-state index >= 15 is 0 Å². The van der Waals surface area contributed by atoms with Crippen molar-refractivity contribution in [3.8, 4) is 0 Å². The van der Waals surface area contributed by atoms with Crippen molar-refractivity contribution in [2.75, 3.05) is 7.05 Å². The van der Waals surface area contributed by atoms with Crippen LogP contribution in [0.3, 0.4) is 0 Å². The molecule has 0 radical (unpaired) electrons. The van der Waals surface area contributed by atoms with E-state index in [4.69, 9.17) is 0 Å². The van der Waals surface area contributed by atoms with Crippen molar-refractivity contribution in [1.29, 1.82) is 0 Å². The number of fused-ring (bicyclic) bond motifs is 1. The van der Waals surface area contributed by atoms with Crippen LogP contribution in [-0.4, -0.2) is 59.9 Å². The fraction of sp³-hybridized carbons (Fsp3) is 0.850. The van der Waals surface area contributed by atoms with Gasteiger partial charge in [0, 0.05) is 12.1 Å². The van der Waals surface area contributed by atoms with Crippen LogP contribution in [0.2, 0.25) is 0 Å². The Balaban J connectivity index is 1.70. The molecule has 3 fully saturated rings. The Morgan fingerprint density at radius 2 is 1.63 bits per heavy atom. The van der Waals surface area contributed by atoms with Crippen LogP contribution in [0, 0.1) is 0 Å². The first-order valence-electron chi connectivity index (χ1n) is 10.6. The summed E-state index contributed by atoms with van der Waals surface area (Å²) in [5.41, 5.74) is 0. The van der Waals surface area contributed by atoms with Gasteiger partial charge < -0.3 is 20.9 Å². The van der Waals surface area contributed by atoms with Gasteiger partial charge in [0.25, 0.3) is 0 Å². The Morgan fingerprint density at radius 1 is 0.963 bits per heavy atom. The predicted octanol–water partition coefficient (Wildman–Crippen LogP) is 1.07. The van der Waals surface area contributed by atoms with Crippen LogP contribution in [0.1, 0.15) is 71.1 Å². The van der Waals surface area contributed by atoms with Gasteiger partial charge in [-0.1, -0.05) is 25.7 Å². The van der Waals surface area contributed by atoms with Crippen LogP contribution in [0.4, 0.5) is 0 Å². The van der Waals surface area contributed by atoms with E-state index in [1.165, 1.54) is 12.8 Å². The molecule has 0 spiro atoms. The van der Waals surface area contributed by atoms with Gasteiger partial charge in [-0.15, -0.1) is 0 Å². The average Bonchev–Trinajstić information content (AvgIpc) is 3.31. The quantitative estimate of drug-likeness (QED) is 0.667. The third-order valence-corrected chi connectivity index (χ3v) is 6.48. The van der Waals surface area contributed by atoms with Crippen molar-refractivity contribution in [2.45, 2.75) is 101 Å². The molecule has 2 unspecified atom stereocenters. The number of hydrogen-bond donors (Lipinski definition) is 3. The van der Waals surface area contributed by atoms with Crippen molar-refractivity contribution < 1.29 is 14.4 Å². The van der Waals surface area contributed by atoms with Crippen molar-refractivity contribution in [3.05, 3.63) is 0 Å². The fourth-order valence-corrected chi connectivity index (χ4v) is 4.72. The maximum absolute atomic E-state index is 13.3. The molecule has 4 atom stereocenters. The van der Waals surface area contributed by atoms with E-state index in [9.17, 15) is 14.4 Å². The zero-order valence-corrected chi connectivity index (χ0v) is 16.6. The second-order valence-corrected chi connectivity index (χ2v) is 8.34. The summed E-state index contributed by atoms with van der Waals surface area (Å²) in [7, 11) is 1.73. The molecule has 7 heteroatoms. The molecule has 0 aromatic carbocycles. The normalized spacial score (nSPS) is 30.4. The van der Waals surface area contributed by atoms with Gasteiger partial charge in [-0.2, -0.15) is 0 Å². The third-order valence-electron chi connectivity index (χ3n) is 6.48. The van der Waals surface area contributed by atoms with Gasteiger partial charge in [-0.3, -0.25) is 14.4 Å². The van der Waals surface area contributed by atoms with E-state index in [0.717, 1.165) is 44.9 Å². The van der Waals surface area contributed by atoms with Crippen LogP contribution in [-0.2, 0) is 14.4 Å². The van der Waals surface area contributed by atoms with E-state index in [2.05, 4.69) is 16.0 Å². The summed E-state index contributed by atoms with van der Waals surface area (Å²) >= 11 is 0. The number of hydrogen-bond acceptors (Lipinski definition) is 4. The number of amides is 3. The molecule has 3 aliphatic rings. The van der Waals surface area contributed by atoms with Gasteiger partial charge in [0.2, 0.25) is 17.7 Å². The summed E-state index contributed by atoms with van der Waals surface area (Å²) < 4.78 is 0. The molecule has 7 nitrogen and oxygen atoms in total. The van der Waals surface area contributed by atoms with E-state index in [-0.39, 0.29) is 41.9 Å². The zero-order valence-electron chi connectivity index (χ0n) is 16.6. The Bertz CT molecular complexity index is 561. The lowest BCUT2D eigenvalue weighted by atomic mass is 9.98. The maximum atomic E-state index is 13.3. The molecule has 3 N–H and O–H groups in total. The summed E-state index contributed by atoms with van der Waals surface area (Å²) in [5, 5.41) is 8.98. The van der Waals surface area contributed by atoms with Crippen LogP contribution in [0.25, 0.3) is 0 Å². The van der Waals surface area contributed by atoms with Gasteiger partial charge in [-0.25, -0.2) is 0 Å². The molecule has 1 aliphatic carbocycles. The lowest BCUT2D eigenvalue weighted by Gasteiger charge is -2.35. The van der Waals surface area contributed by atoms with E-state index < -0.39 is 6.04 Å². The number of likely N-dealkylation sites (N-methyl/N-ethyl adjacent to an activating group) is 1. The molecule has 3 amide bonds. The van der Waals surface area contributed by atoms with E-state index in [0.29, 0.717) is 6.42 Å².